The van der Waals surface area contributed by atoms with E-state index in [0.29, 0.717) is 17.9 Å². The molecule has 0 saturated carbocycles. The van der Waals surface area contributed by atoms with Gasteiger partial charge in [0.25, 0.3) is 17.2 Å². The number of carbonyl (C=O) groups is 2. The van der Waals surface area contributed by atoms with Gasteiger partial charge in [0, 0.05) is 19.0 Å². The predicted octanol–water partition coefficient (Wildman–Crippen LogP) is 2.87. The van der Waals surface area contributed by atoms with Gasteiger partial charge in [-0.15, -0.1) is 0 Å². The molecule has 2 amide bonds. The van der Waals surface area contributed by atoms with Crippen LogP contribution in [0.15, 0.2) is 50.2 Å². The van der Waals surface area contributed by atoms with Gasteiger partial charge in [-0.1, -0.05) is 42.4 Å². The Balaban J connectivity index is 1.82. The van der Waals surface area contributed by atoms with E-state index in [-0.39, 0.29) is 47.9 Å². The summed E-state index contributed by atoms with van der Waals surface area (Å²) in [5.41, 5.74) is 6.35. The number of aryl methyl sites for hydroxylation is 2. The SMILES string of the molecule is CCC(c1nc2onc(C)c2c(=O)n1Cc1ccccc1)N(CCC(N)=O)C(=O)Oc1cc(C)on1. The average molecular weight is 495 g/mol. The van der Waals surface area contributed by atoms with Crippen LogP contribution in [0, 0.1) is 13.8 Å². The maximum absolute atomic E-state index is 13.6. The van der Waals surface area contributed by atoms with Gasteiger partial charge in [0.15, 0.2) is 0 Å². The van der Waals surface area contributed by atoms with Crippen molar-refractivity contribution < 1.29 is 23.4 Å². The Morgan fingerprint density at radius 1 is 1.17 bits per heavy atom. The molecule has 1 unspecified atom stereocenters. The molecule has 1 aromatic carbocycles. The van der Waals surface area contributed by atoms with Crippen molar-refractivity contribution in [2.24, 2.45) is 5.73 Å². The summed E-state index contributed by atoms with van der Waals surface area (Å²) in [5, 5.41) is 7.84. The topological polar surface area (TPSA) is 160 Å². The van der Waals surface area contributed by atoms with E-state index in [1.54, 1.807) is 13.8 Å². The monoisotopic (exact) mass is 494 g/mol. The predicted molar refractivity (Wildman–Crippen MR) is 127 cm³/mol. The molecule has 12 heteroatoms. The van der Waals surface area contributed by atoms with Crippen molar-refractivity contribution in [3.63, 3.8) is 0 Å². The van der Waals surface area contributed by atoms with Crippen LogP contribution in [0.4, 0.5) is 4.79 Å². The second kappa shape index (κ2) is 10.4. The summed E-state index contributed by atoms with van der Waals surface area (Å²) >= 11 is 0. The molecular formula is C24H26N6O6. The number of nitrogens with two attached hydrogens (primary N) is 1. The lowest BCUT2D eigenvalue weighted by Crippen LogP contribution is -2.42. The Kier molecular flexibility index (Phi) is 7.13. The van der Waals surface area contributed by atoms with Crippen molar-refractivity contribution in [2.45, 2.75) is 46.2 Å². The molecule has 0 aliphatic rings. The minimum Gasteiger partial charge on any atom is -0.388 e. The van der Waals surface area contributed by atoms with E-state index in [1.807, 2.05) is 37.3 Å². The molecule has 0 aliphatic heterocycles. The lowest BCUT2D eigenvalue weighted by Gasteiger charge is -2.30. The number of nitrogens with zero attached hydrogens (tertiary/aromatic N) is 5. The van der Waals surface area contributed by atoms with E-state index in [4.69, 9.17) is 19.5 Å². The molecule has 0 fully saturated rings. The van der Waals surface area contributed by atoms with E-state index in [1.165, 1.54) is 15.5 Å². The second-order valence-electron chi connectivity index (χ2n) is 8.27. The van der Waals surface area contributed by atoms with E-state index >= 15 is 0 Å². The number of carbonyl (C=O) groups excluding carboxylic acids is 2. The number of benzene rings is 1. The molecule has 0 bridgehead atoms. The molecule has 0 spiro atoms. The fourth-order valence-corrected chi connectivity index (χ4v) is 3.94. The molecule has 1 atom stereocenters. The number of ether oxygens (including phenoxy) is 1. The highest BCUT2D eigenvalue weighted by molar-refractivity contribution is 5.76. The normalized spacial score (nSPS) is 12.0. The first-order chi connectivity index (χ1) is 17.3. The summed E-state index contributed by atoms with van der Waals surface area (Å²) in [7, 11) is 0. The van der Waals surface area contributed by atoms with Crippen molar-refractivity contribution in [1.82, 2.24) is 24.8 Å². The van der Waals surface area contributed by atoms with Crippen molar-refractivity contribution >= 4 is 23.1 Å². The molecule has 3 heterocycles. The van der Waals surface area contributed by atoms with Crippen molar-refractivity contribution in [2.75, 3.05) is 6.54 Å². The first-order valence-corrected chi connectivity index (χ1v) is 11.4. The molecule has 188 valence electrons. The molecule has 0 radical (unpaired) electrons. The molecule has 2 N–H and O–H groups in total. The summed E-state index contributed by atoms with van der Waals surface area (Å²) in [6, 6.07) is 10.1. The lowest BCUT2D eigenvalue weighted by atomic mass is 10.1. The van der Waals surface area contributed by atoms with E-state index in [9.17, 15) is 14.4 Å². The standard InChI is InChI=1S/C24H26N6O6/c1-4-17(29(11-10-18(25)31)24(33)34-19-12-14(2)35-28-19)21-26-22-20(15(3)27-36-22)23(32)30(21)13-16-8-6-5-7-9-16/h5-9,12,17H,4,10-11,13H2,1-3H3,(H2,25,31). The molecule has 4 rings (SSSR count). The zero-order valence-electron chi connectivity index (χ0n) is 20.1. The Hall–Kier alpha value is -4.48. The summed E-state index contributed by atoms with van der Waals surface area (Å²) in [5.74, 6) is 0.0778. The average Bonchev–Trinajstić information content (AvgIpc) is 3.43. The van der Waals surface area contributed by atoms with Crippen LogP contribution in [0.2, 0.25) is 0 Å². The number of aromatic nitrogens is 4. The highest BCUT2D eigenvalue weighted by atomic mass is 16.6. The second-order valence-corrected chi connectivity index (χ2v) is 8.27. The number of primary amides is 1. The maximum atomic E-state index is 13.6. The Morgan fingerprint density at radius 2 is 1.92 bits per heavy atom. The minimum absolute atomic E-state index is 0.0348. The van der Waals surface area contributed by atoms with Crippen molar-refractivity contribution in [1.29, 1.82) is 0 Å². The highest BCUT2D eigenvalue weighted by Crippen LogP contribution is 2.27. The largest absolute Gasteiger partial charge is 0.417 e. The zero-order chi connectivity index (χ0) is 25.8. The summed E-state index contributed by atoms with van der Waals surface area (Å²) in [6.07, 6.45) is -0.590. The van der Waals surface area contributed by atoms with Crippen molar-refractivity contribution in [3.8, 4) is 5.88 Å². The van der Waals surface area contributed by atoms with Gasteiger partial charge in [-0.3, -0.25) is 19.1 Å². The first kappa shape index (κ1) is 24.6. The quantitative estimate of drug-likeness (QED) is 0.369. The third-order valence-electron chi connectivity index (χ3n) is 5.67. The van der Waals surface area contributed by atoms with E-state index in [2.05, 4.69) is 15.3 Å². The van der Waals surface area contributed by atoms with Gasteiger partial charge >= 0.3 is 6.09 Å². The Morgan fingerprint density at radius 3 is 2.56 bits per heavy atom. The summed E-state index contributed by atoms with van der Waals surface area (Å²) < 4.78 is 17.2. The molecule has 4 aromatic rings. The number of hydrogen-bond acceptors (Lipinski definition) is 9. The molecule has 3 aromatic heterocycles. The van der Waals surface area contributed by atoms with Crippen LogP contribution in [0.3, 0.4) is 0 Å². The van der Waals surface area contributed by atoms with Gasteiger partial charge in [-0.25, -0.2) is 4.79 Å². The smallest absolute Gasteiger partial charge is 0.388 e. The number of fused-ring (bicyclic) bond motifs is 1. The molecule has 0 saturated heterocycles. The van der Waals surface area contributed by atoms with Crippen LogP contribution in [0.25, 0.3) is 11.1 Å². The minimum atomic E-state index is -0.800. The van der Waals surface area contributed by atoms with Crippen LogP contribution in [0.5, 0.6) is 5.88 Å². The number of rotatable bonds is 9. The van der Waals surface area contributed by atoms with Crippen LogP contribution in [-0.4, -0.2) is 43.3 Å². The first-order valence-electron chi connectivity index (χ1n) is 11.4. The molecule has 12 nitrogen and oxygen atoms in total. The van der Waals surface area contributed by atoms with Gasteiger partial charge in [0.2, 0.25) is 5.91 Å². The molecule has 0 aliphatic carbocycles. The van der Waals surface area contributed by atoms with Gasteiger partial charge in [0.05, 0.1) is 18.3 Å². The summed E-state index contributed by atoms with van der Waals surface area (Å²) in [6.45, 7) is 5.27. The Bertz CT molecular complexity index is 1440. The number of hydrogen-bond donors (Lipinski definition) is 1. The van der Waals surface area contributed by atoms with Gasteiger partial charge in [0.1, 0.15) is 17.0 Å². The van der Waals surface area contributed by atoms with Crippen LogP contribution >= 0.6 is 0 Å². The van der Waals surface area contributed by atoms with Gasteiger partial charge in [-0.2, -0.15) is 4.98 Å². The van der Waals surface area contributed by atoms with Crippen molar-refractivity contribution in [3.05, 3.63) is 69.6 Å². The van der Waals surface area contributed by atoms with Crippen LogP contribution in [0.1, 0.15) is 48.6 Å². The maximum Gasteiger partial charge on any atom is 0.417 e. The van der Waals surface area contributed by atoms with E-state index < -0.39 is 18.0 Å². The number of amides is 2. The third-order valence-corrected chi connectivity index (χ3v) is 5.67. The fraction of sp³-hybridized carbons (Fsp3) is 0.333. The van der Waals surface area contributed by atoms with Crippen LogP contribution < -0.4 is 16.0 Å². The zero-order valence-corrected chi connectivity index (χ0v) is 20.1. The fourth-order valence-electron chi connectivity index (χ4n) is 3.94. The Labute approximate surface area is 205 Å². The third kappa shape index (κ3) is 5.11. The van der Waals surface area contributed by atoms with Gasteiger partial charge < -0.3 is 19.5 Å². The van der Waals surface area contributed by atoms with Gasteiger partial charge in [-0.05, 0) is 31.0 Å². The molecular weight excluding hydrogens is 468 g/mol. The highest BCUT2D eigenvalue weighted by Gasteiger charge is 2.31. The van der Waals surface area contributed by atoms with Crippen LogP contribution in [-0.2, 0) is 11.3 Å². The lowest BCUT2D eigenvalue weighted by molar-refractivity contribution is -0.118. The van der Waals surface area contributed by atoms with E-state index in [0.717, 1.165) is 5.56 Å². The summed E-state index contributed by atoms with van der Waals surface area (Å²) in [4.78, 5) is 44.3. The molecule has 36 heavy (non-hydrogen) atoms.